The lowest BCUT2D eigenvalue weighted by atomic mass is 10.1. The highest BCUT2D eigenvalue weighted by Gasteiger charge is 2.24. The van der Waals surface area contributed by atoms with Crippen molar-refractivity contribution >= 4 is 27.6 Å². The molecule has 0 spiro atoms. The summed E-state index contributed by atoms with van der Waals surface area (Å²) in [5, 5.41) is 42.2. The molecule has 0 aliphatic heterocycles. The largest absolute Gasteiger partial charge is 0.394 e. The number of H-pyrrole nitrogens is 2. The van der Waals surface area contributed by atoms with Gasteiger partial charge in [-0.2, -0.15) is 8.42 Å². The fraction of sp³-hybridized carbons (Fsp3) is 0.312. The first kappa shape index (κ1) is 24.2. The summed E-state index contributed by atoms with van der Waals surface area (Å²) in [4.78, 5) is 39.4. The first-order valence-corrected chi connectivity index (χ1v) is 9.94. The van der Waals surface area contributed by atoms with Crippen LogP contribution in [0.5, 0.6) is 0 Å². The van der Waals surface area contributed by atoms with Gasteiger partial charge in [-0.1, -0.05) is 0 Å². The predicted octanol–water partition coefficient (Wildman–Crippen LogP) is -2.54. The zero-order valence-electron chi connectivity index (χ0n) is 15.6. The topological polar surface area (TPSA) is 222 Å². The first-order chi connectivity index (χ1) is 14.4. The number of carbonyl (C=O) groups excluding carboxylic acids is 1. The Morgan fingerprint density at radius 3 is 2.23 bits per heavy atom. The minimum Gasteiger partial charge on any atom is -0.394 e. The van der Waals surface area contributed by atoms with E-state index in [-0.39, 0.29) is 11.4 Å². The Hall–Kier alpha value is -3.11. The summed E-state index contributed by atoms with van der Waals surface area (Å²) < 4.78 is 34.6. The van der Waals surface area contributed by atoms with Crippen LogP contribution in [-0.4, -0.2) is 76.2 Å². The molecule has 3 atom stereocenters. The molecule has 13 nitrogen and oxygen atoms in total. The maximum atomic E-state index is 12.9. The molecule has 0 bridgehead atoms. The van der Waals surface area contributed by atoms with Crippen LogP contribution in [0.1, 0.15) is 10.4 Å². The van der Waals surface area contributed by atoms with Gasteiger partial charge in [-0.25, -0.2) is 4.79 Å². The van der Waals surface area contributed by atoms with Crippen molar-refractivity contribution in [1.82, 2.24) is 9.97 Å². The third-order valence-corrected chi connectivity index (χ3v) is 4.88. The summed E-state index contributed by atoms with van der Waals surface area (Å²) in [6, 6.07) is 3.66. The Balaban J connectivity index is 2.24. The number of aliphatic hydroxyl groups is 4. The Labute approximate surface area is 173 Å². The quantitative estimate of drug-likeness (QED) is 0.182. The Morgan fingerprint density at radius 1 is 1.06 bits per heavy atom. The molecule has 8 N–H and O–H groups in total. The van der Waals surface area contributed by atoms with E-state index in [1.807, 2.05) is 4.98 Å². The molecule has 31 heavy (non-hydrogen) atoms. The second-order valence-electron chi connectivity index (χ2n) is 6.26. The zero-order chi connectivity index (χ0) is 23.3. The maximum Gasteiger partial charge on any atom is 0.332 e. The highest BCUT2D eigenvalue weighted by Crippen LogP contribution is 2.16. The van der Waals surface area contributed by atoms with Gasteiger partial charge in [0.2, 0.25) is 0 Å². The molecule has 1 aromatic heterocycles. The standard InChI is InChI=1S/C16H19FN4O9S/c17-31(29,30)8-3-1-7(2-4-8)14(26)19-11-13(20-16(28)21-15(11)27)18-5-9(23)12(25)10(24)6-22/h1-4,9-10,12,22-25H,5-6H2,(H,19,26)(H3,18,20,21,27,28)/t9-,10+,12-/m0/s1. The van der Waals surface area contributed by atoms with Crippen LogP contribution in [0, 0.1) is 0 Å². The number of amides is 1. The van der Waals surface area contributed by atoms with E-state index in [1.165, 1.54) is 0 Å². The highest BCUT2D eigenvalue weighted by atomic mass is 32.3. The molecule has 15 heteroatoms. The smallest absolute Gasteiger partial charge is 0.332 e. The van der Waals surface area contributed by atoms with Gasteiger partial charge in [0, 0.05) is 12.1 Å². The van der Waals surface area contributed by atoms with Crippen LogP contribution >= 0.6 is 0 Å². The molecule has 0 radical (unpaired) electrons. The second kappa shape index (κ2) is 9.80. The number of benzene rings is 1. The average Bonchev–Trinajstić information content (AvgIpc) is 2.72. The van der Waals surface area contributed by atoms with Gasteiger partial charge in [0.25, 0.3) is 11.5 Å². The van der Waals surface area contributed by atoms with Crippen molar-refractivity contribution in [2.75, 3.05) is 23.8 Å². The number of hydrogen-bond donors (Lipinski definition) is 8. The molecule has 0 fully saturated rings. The molecule has 1 heterocycles. The van der Waals surface area contributed by atoms with Crippen LogP contribution in [-0.2, 0) is 10.2 Å². The third kappa shape index (κ3) is 6.19. The van der Waals surface area contributed by atoms with E-state index < -0.39 is 69.4 Å². The van der Waals surface area contributed by atoms with Crippen molar-refractivity contribution in [1.29, 1.82) is 0 Å². The van der Waals surface area contributed by atoms with Crippen molar-refractivity contribution in [3.63, 3.8) is 0 Å². The van der Waals surface area contributed by atoms with Crippen LogP contribution < -0.4 is 21.9 Å². The predicted molar refractivity (Wildman–Crippen MR) is 104 cm³/mol. The van der Waals surface area contributed by atoms with Crippen molar-refractivity contribution < 1.29 is 37.5 Å². The minimum absolute atomic E-state index is 0.148. The summed E-state index contributed by atoms with van der Waals surface area (Å²) in [7, 11) is -4.97. The summed E-state index contributed by atoms with van der Waals surface area (Å²) in [5.41, 5.74) is -2.64. The highest BCUT2D eigenvalue weighted by molar-refractivity contribution is 7.86. The minimum atomic E-state index is -4.97. The van der Waals surface area contributed by atoms with E-state index in [4.69, 9.17) is 5.11 Å². The van der Waals surface area contributed by atoms with E-state index >= 15 is 0 Å². The van der Waals surface area contributed by atoms with E-state index in [9.17, 15) is 42.0 Å². The van der Waals surface area contributed by atoms with Gasteiger partial charge in [0.15, 0.2) is 0 Å². The number of rotatable bonds is 9. The summed E-state index contributed by atoms with van der Waals surface area (Å²) in [6.45, 7) is -1.34. The maximum absolute atomic E-state index is 12.9. The number of anilines is 2. The van der Waals surface area contributed by atoms with Gasteiger partial charge in [-0.3, -0.25) is 19.6 Å². The van der Waals surface area contributed by atoms with Crippen LogP contribution in [0.15, 0.2) is 38.8 Å². The molecule has 0 unspecified atom stereocenters. The van der Waals surface area contributed by atoms with Crippen LogP contribution in [0.25, 0.3) is 0 Å². The van der Waals surface area contributed by atoms with E-state index in [0.29, 0.717) is 0 Å². The molecular formula is C16H19FN4O9S. The van der Waals surface area contributed by atoms with Gasteiger partial charge < -0.3 is 31.1 Å². The molecule has 170 valence electrons. The lowest BCUT2D eigenvalue weighted by Gasteiger charge is -2.22. The van der Waals surface area contributed by atoms with Crippen LogP contribution in [0.2, 0.25) is 0 Å². The fourth-order valence-electron chi connectivity index (χ4n) is 2.38. The molecule has 0 aliphatic carbocycles. The van der Waals surface area contributed by atoms with Crippen molar-refractivity contribution in [2.24, 2.45) is 0 Å². The first-order valence-electron chi connectivity index (χ1n) is 8.55. The number of hydrogen-bond acceptors (Lipinski definition) is 10. The molecule has 0 saturated heterocycles. The SMILES string of the molecule is O=C(Nc1c(NC[C@H](O)[C@H](O)[C@H](O)CO)[nH]c(=O)[nH]c1=O)c1ccc(S(=O)(=O)F)cc1. The van der Waals surface area contributed by atoms with Gasteiger partial charge in [0.1, 0.15) is 23.7 Å². The number of nitrogens with one attached hydrogen (secondary N) is 4. The average molecular weight is 462 g/mol. The zero-order valence-corrected chi connectivity index (χ0v) is 16.4. The number of aromatic nitrogens is 2. The van der Waals surface area contributed by atoms with Crippen LogP contribution in [0.4, 0.5) is 15.4 Å². The number of aromatic amines is 2. The molecule has 0 saturated carbocycles. The molecule has 1 aromatic carbocycles. The molecule has 1 amide bonds. The van der Waals surface area contributed by atoms with E-state index in [1.54, 1.807) is 0 Å². The molecule has 0 aliphatic rings. The molecule has 2 aromatic rings. The summed E-state index contributed by atoms with van der Waals surface area (Å²) in [5.74, 6) is -1.27. The van der Waals surface area contributed by atoms with Gasteiger partial charge in [-0.15, -0.1) is 3.89 Å². The molecule has 2 rings (SSSR count). The monoisotopic (exact) mass is 462 g/mol. The van der Waals surface area contributed by atoms with Crippen molar-refractivity contribution in [2.45, 2.75) is 23.2 Å². The van der Waals surface area contributed by atoms with Crippen molar-refractivity contribution in [3.8, 4) is 0 Å². The van der Waals surface area contributed by atoms with Crippen molar-refractivity contribution in [3.05, 3.63) is 50.7 Å². The van der Waals surface area contributed by atoms with Gasteiger partial charge >= 0.3 is 15.9 Å². The Kier molecular flexibility index (Phi) is 7.64. The number of carbonyl (C=O) groups is 1. The normalized spacial score (nSPS) is 14.5. The van der Waals surface area contributed by atoms with Gasteiger partial charge in [-0.05, 0) is 24.3 Å². The Morgan fingerprint density at radius 2 is 1.68 bits per heavy atom. The summed E-state index contributed by atoms with van der Waals surface area (Å²) in [6.07, 6.45) is -5.04. The lowest BCUT2D eigenvalue weighted by molar-refractivity contribution is -0.0715. The van der Waals surface area contributed by atoms with E-state index in [2.05, 4.69) is 15.6 Å². The second-order valence-corrected chi connectivity index (χ2v) is 7.61. The fourth-order valence-corrected chi connectivity index (χ4v) is 2.85. The van der Waals surface area contributed by atoms with Crippen LogP contribution in [0.3, 0.4) is 0 Å². The Bertz CT molecular complexity index is 1150. The lowest BCUT2D eigenvalue weighted by Crippen LogP contribution is -2.43. The number of halogens is 1. The van der Waals surface area contributed by atoms with E-state index in [0.717, 1.165) is 24.3 Å². The summed E-state index contributed by atoms with van der Waals surface area (Å²) >= 11 is 0. The number of aliphatic hydroxyl groups excluding tert-OH is 4. The molecular weight excluding hydrogens is 443 g/mol. The van der Waals surface area contributed by atoms with Gasteiger partial charge in [0.05, 0.1) is 17.6 Å². The third-order valence-electron chi connectivity index (χ3n) is 4.04.